The summed E-state index contributed by atoms with van der Waals surface area (Å²) in [6.07, 6.45) is 3.18. The lowest BCUT2D eigenvalue weighted by Gasteiger charge is -2.30. The zero-order chi connectivity index (χ0) is 24.3. The van der Waals surface area contributed by atoms with Crippen LogP contribution in [0.4, 0.5) is 0 Å². The predicted molar refractivity (Wildman–Crippen MR) is 127 cm³/mol. The molecule has 0 amide bonds. The zero-order valence-electron chi connectivity index (χ0n) is 19.2. The summed E-state index contributed by atoms with van der Waals surface area (Å²) in [4.78, 5) is 28.6. The van der Waals surface area contributed by atoms with E-state index in [9.17, 15) is 18.0 Å². The van der Waals surface area contributed by atoms with Gasteiger partial charge in [0.05, 0.1) is 17.9 Å². The normalized spacial score (nSPS) is 15.4. The van der Waals surface area contributed by atoms with E-state index in [0.717, 1.165) is 22.9 Å². The van der Waals surface area contributed by atoms with Gasteiger partial charge in [-0.2, -0.15) is 4.31 Å². The fourth-order valence-corrected chi connectivity index (χ4v) is 5.77. The van der Waals surface area contributed by atoms with Gasteiger partial charge in [0, 0.05) is 35.8 Å². The molecule has 0 spiro atoms. The number of H-pyrrole nitrogens is 1. The molecule has 1 N–H and O–H groups in total. The Morgan fingerprint density at radius 2 is 1.79 bits per heavy atom. The number of piperidine rings is 1. The number of nitrogens with one attached hydrogen (secondary N) is 1. The minimum atomic E-state index is -3.65. The Balaban J connectivity index is 1.33. The smallest absolute Gasteiger partial charge is 0.309 e. The summed E-state index contributed by atoms with van der Waals surface area (Å²) >= 11 is 0. The number of hydrogen-bond donors (Lipinski definition) is 1. The molecule has 1 aliphatic heterocycles. The van der Waals surface area contributed by atoms with Gasteiger partial charge in [-0.1, -0.05) is 25.1 Å². The van der Waals surface area contributed by atoms with Crippen LogP contribution in [0.1, 0.15) is 35.7 Å². The number of methoxy groups -OCH3 is 1. The fourth-order valence-electron chi connectivity index (χ4n) is 4.30. The van der Waals surface area contributed by atoms with Gasteiger partial charge in [-0.05, 0) is 49.1 Å². The molecule has 34 heavy (non-hydrogen) atoms. The second-order valence-electron chi connectivity index (χ2n) is 8.28. The molecule has 1 fully saturated rings. The Hall–Kier alpha value is -3.17. The Kier molecular flexibility index (Phi) is 7.04. The van der Waals surface area contributed by atoms with Crippen molar-refractivity contribution in [2.45, 2.75) is 31.1 Å². The van der Waals surface area contributed by atoms with E-state index < -0.39 is 21.9 Å². The summed E-state index contributed by atoms with van der Waals surface area (Å²) in [6, 6.07) is 12.0. The maximum Gasteiger partial charge on any atom is 0.309 e. The molecule has 1 aromatic heterocycles. The van der Waals surface area contributed by atoms with Gasteiger partial charge in [-0.3, -0.25) is 9.59 Å². The van der Waals surface area contributed by atoms with Crippen molar-refractivity contribution in [2.24, 2.45) is 5.92 Å². The van der Waals surface area contributed by atoms with Crippen LogP contribution < -0.4 is 4.74 Å². The molecule has 0 unspecified atom stereocenters. The number of hydrogen-bond acceptors (Lipinski definition) is 6. The number of aromatic amines is 1. The molecule has 1 aliphatic rings. The molecule has 3 aromatic rings. The predicted octanol–water partition coefficient (Wildman–Crippen LogP) is 3.57. The average Bonchev–Trinajstić information content (AvgIpc) is 3.31. The number of para-hydroxylation sites is 1. The largest absolute Gasteiger partial charge is 0.497 e. The number of Topliss-reactive ketones (excluding diaryl/α,β-unsaturated/α-hetero) is 1. The fraction of sp³-hybridized carbons (Fsp3) is 0.360. The number of sulfonamides is 1. The Morgan fingerprint density at radius 1 is 1.09 bits per heavy atom. The van der Waals surface area contributed by atoms with Gasteiger partial charge in [0.15, 0.2) is 6.61 Å². The number of fused-ring (bicyclic) bond motifs is 1. The molecule has 0 atom stereocenters. The minimum absolute atomic E-state index is 0.185. The van der Waals surface area contributed by atoms with Crippen molar-refractivity contribution in [3.63, 3.8) is 0 Å². The van der Waals surface area contributed by atoms with Crippen molar-refractivity contribution in [2.75, 3.05) is 26.8 Å². The van der Waals surface area contributed by atoms with Crippen molar-refractivity contribution < 1.29 is 27.5 Å². The van der Waals surface area contributed by atoms with E-state index in [0.29, 0.717) is 24.2 Å². The molecule has 0 saturated carbocycles. The van der Waals surface area contributed by atoms with Crippen LogP contribution in [0.15, 0.2) is 53.6 Å². The van der Waals surface area contributed by atoms with Gasteiger partial charge in [0.1, 0.15) is 5.75 Å². The van der Waals surface area contributed by atoms with E-state index in [4.69, 9.17) is 9.47 Å². The minimum Gasteiger partial charge on any atom is -0.497 e. The first-order valence-electron chi connectivity index (χ1n) is 11.3. The van der Waals surface area contributed by atoms with Gasteiger partial charge in [0.25, 0.3) is 0 Å². The maximum absolute atomic E-state index is 12.9. The van der Waals surface area contributed by atoms with Crippen molar-refractivity contribution in [1.82, 2.24) is 9.29 Å². The summed E-state index contributed by atoms with van der Waals surface area (Å²) in [7, 11) is -2.13. The molecule has 9 heteroatoms. The number of ether oxygens (including phenoxy) is 2. The van der Waals surface area contributed by atoms with Gasteiger partial charge < -0.3 is 14.5 Å². The van der Waals surface area contributed by atoms with Gasteiger partial charge >= 0.3 is 5.97 Å². The topological polar surface area (TPSA) is 106 Å². The highest BCUT2D eigenvalue weighted by Crippen LogP contribution is 2.26. The molecular weight excluding hydrogens is 456 g/mol. The SMILES string of the molecule is CCc1cccc2c(C(=O)COC(=O)C3CCN(S(=O)(=O)c4ccc(OC)cc4)CC3)c[nH]c12. The molecular formula is C25H28N2O6S. The Labute approximate surface area is 198 Å². The molecule has 0 bridgehead atoms. The number of rotatable bonds is 8. The van der Waals surface area contributed by atoms with E-state index in [1.54, 1.807) is 18.3 Å². The molecule has 0 radical (unpaired) electrons. The third-order valence-corrected chi connectivity index (χ3v) is 8.23. The van der Waals surface area contributed by atoms with Crippen molar-refractivity contribution in [3.8, 4) is 5.75 Å². The summed E-state index contributed by atoms with van der Waals surface area (Å²) in [6.45, 7) is 2.13. The van der Waals surface area contributed by atoms with Crippen LogP contribution in [0.25, 0.3) is 10.9 Å². The van der Waals surface area contributed by atoms with Crippen LogP contribution in [0.3, 0.4) is 0 Å². The number of carbonyl (C=O) groups excluding carboxylic acids is 2. The first-order valence-corrected chi connectivity index (χ1v) is 12.7. The molecule has 0 aliphatic carbocycles. The lowest BCUT2D eigenvalue weighted by atomic mass is 9.98. The van der Waals surface area contributed by atoms with Gasteiger partial charge in [-0.25, -0.2) is 8.42 Å². The summed E-state index contributed by atoms with van der Waals surface area (Å²) in [5.41, 5.74) is 2.54. The van der Waals surface area contributed by atoms with E-state index >= 15 is 0 Å². The summed E-state index contributed by atoms with van der Waals surface area (Å²) in [5.74, 6) is -0.602. The van der Waals surface area contributed by atoms with Gasteiger partial charge in [0.2, 0.25) is 15.8 Å². The third-order valence-electron chi connectivity index (χ3n) is 6.31. The lowest BCUT2D eigenvalue weighted by Crippen LogP contribution is -2.40. The second-order valence-corrected chi connectivity index (χ2v) is 10.2. The van der Waals surface area contributed by atoms with E-state index in [2.05, 4.69) is 4.98 Å². The maximum atomic E-state index is 12.9. The number of aryl methyl sites for hydroxylation is 1. The number of aromatic nitrogens is 1. The molecule has 1 saturated heterocycles. The molecule has 2 aromatic carbocycles. The van der Waals surface area contributed by atoms with Crippen LogP contribution in [0.5, 0.6) is 5.75 Å². The Morgan fingerprint density at radius 3 is 2.44 bits per heavy atom. The van der Waals surface area contributed by atoms with E-state index in [1.165, 1.54) is 23.5 Å². The highest BCUT2D eigenvalue weighted by Gasteiger charge is 2.33. The quantitative estimate of drug-likeness (QED) is 0.387. The zero-order valence-corrected chi connectivity index (χ0v) is 20.1. The summed E-state index contributed by atoms with van der Waals surface area (Å²) < 4.78 is 37.5. The average molecular weight is 485 g/mol. The van der Waals surface area contributed by atoms with Crippen LogP contribution >= 0.6 is 0 Å². The monoisotopic (exact) mass is 484 g/mol. The van der Waals surface area contributed by atoms with Gasteiger partial charge in [-0.15, -0.1) is 0 Å². The lowest BCUT2D eigenvalue weighted by molar-refractivity contribution is -0.148. The third kappa shape index (κ3) is 4.71. The highest BCUT2D eigenvalue weighted by molar-refractivity contribution is 7.89. The molecule has 4 rings (SSSR count). The molecule has 8 nitrogen and oxygen atoms in total. The van der Waals surface area contributed by atoms with Crippen molar-refractivity contribution >= 4 is 32.7 Å². The Bertz CT molecular complexity index is 1290. The number of nitrogens with zero attached hydrogens (tertiary/aromatic N) is 1. The molecule has 2 heterocycles. The number of carbonyl (C=O) groups is 2. The number of esters is 1. The van der Waals surface area contributed by atoms with Crippen LogP contribution in [-0.4, -0.2) is 56.3 Å². The van der Waals surface area contributed by atoms with Crippen molar-refractivity contribution in [3.05, 3.63) is 59.8 Å². The van der Waals surface area contributed by atoms with Crippen LogP contribution in [-0.2, 0) is 26.0 Å². The van der Waals surface area contributed by atoms with Crippen molar-refractivity contribution in [1.29, 1.82) is 0 Å². The first-order chi connectivity index (χ1) is 16.3. The van der Waals surface area contributed by atoms with E-state index in [1.807, 2.05) is 25.1 Å². The summed E-state index contributed by atoms with van der Waals surface area (Å²) in [5, 5.41) is 0.817. The standard InChI is InChI=1S/C25H28N2O6S/c1-3-17-5-4-6-21-22(15-26-24(17)21)23(28)16-33-25(29)18-11-13-27(14-12-18)34(30,31)20-9-7-19(32-2)8-10-20/h4-10,15,18,26H,3,11-14,16H2,1-2H3. The number of ketones is 1. The van der Waals surface area contributed by atoms with E-state index in [-0.39, 0.29) is 30.4 Å². The highest BCUT2D eigenvalue weighted by atomic mass is 32.2. The van der Waals surface area contributed by atoms with Crippen LogP contribution in [0.2, 0.25) is 0 Å². The number of benzene rings is 2. The molecule has 180 valence electrons. The second kappa shape index (κ2) is 9.99. The first kappa shape index (κ1) is 24.0. The van der Waals surface area contributed by atoms with Crippen LogP contribution in [0, 0.1) is 5.92 Å².